The van der Waals surface area contributed by atoms with Gasteiger partial charge in [-0.1, -0.05) is 20.8 Å². The van der Waals surface area contributed by atoms with Gasteiger partial charge in [0.05, 0.1) is 37.9 Å². The first-order valence-electron chi connectivity index (χ1n) is 13.8. The summed E-state index contributed by atoms with van der Waals surface area (Å²) in [5.41, 5.74) is 10.2. The van der Waals surface area contributed by atoms with Gasteiger partial charge in [-0.25, -0.2) is 0 Å². The van der Waals surface area contributed by atoms with E-state index in [1.54, 1.807) is 20.8 Å². The Morgan fingerprint density at radius 1 is 0.829 bits per heavy atom. The summed E-state index contributed by atoms with van der Waals surface area (Å²) in [6.45, 7) is 2.84. The van der Waals surface area contributed by atoms with Gasteiger partial charge >= 0.3 is 0 Å². The summed E-state index contributed by atoms with van der Waals surface area (Å²) in [4.78, 5) is 0. The third-order valence-corrected chi connectivity index (χ3v) is 8.22. The van der Waals surface area contributed by atoms with Gasteiger partial charge in [-0.3, -0.25) is 5.32 Å². The quantitative estimate of drug-likeness (QED) is 0.0980. The lowest BCUT2D eigenvalue weighted by Crippen LogP contribution is -2.73. The average molecular weight is 602 g/mol. The highest BCUT2D eigenvalue weighted by atomic mass is 16.7. The largest absolute Gasteiger partial charge is 0.394 e. The first-order chi connectivity index (χ1) is 19.3. The van der Waals surface area contributed by atoms with Crippen LogP contribution in [0.4, 0.5) is 0 Å². The standard InChI is InChI=1S/C24H47N3O14/c1-4-11(31)27-14-17(34)19(39-22-13(26)16(33)20(35)24(7-30,41-22)8(2)3)10(6-29)38-23(14)40-18-9(5-28)37-21(36)12(25)15(18)32/h8-23,27-36H,4-7,25-26H2,1-3H3/t9-,10-,11?,12-,13-,14-,15-,16-,17-,18?,19?,20+,21-,22+,23+,24+/m1/s1. The fourth-order valence-corrected chi connectivity index (χ4v) is 5.38. The van der Waals surface area contributed by atoms with E-state index in [1.165, 1.54) is 0 Å². The Kier molecular flexibility index (Phi) is 12.2. The molecule has 0 amide bonds. The number of aliphatic hydroxyl groups is 9. The van der Waals surface area contributed by atoms with Crippen molar-refractivity contribution < 1.29 is 69.6 Å². The van der Waals surface area contributed by atoms with Gasteiger partial charge in [-0.05, 0) is 12.3 Å². The second-order valence-electron chi connectivity index (χ2n) is 11.1. The van der Waals surface area contributed by atoms with Crippen LogP contribution in [-0.4, -0.2) is 163 Å². The highest BCUT2D eigenvalue weighted by molar-refractivity contribution is 5.04. The van der Waals surface area contributed by atoms with Gasteiger partial charge in [0.2, 0.25) is 0 Å². The zero-order valence-corrected chi connectivity index (χ0v) is 23.3. The molecule has 3 rings (SSSR count). The van der Waals surface area contributed by atoms with Crippen LogP contribution in [0.25, 0.3) is 0 Å². The van der Waals surface area contributed by atoms with Gasteiger partial charge in [-0.2, -0.15) is 0 Å². The first kappa shape index (κ1) is 34.8. The lowest BCUT2D eigenvalue weighted by atomic mass is 9.78. The molecule has 3 fully saturated rings. The molecule has 3 unspecified atom stereocenters. The van der Waals surface area contributed by atoms with Crippen molar-refractivity contribution in [1.82, 2.24) is 5.32 Å². The van der Waals surface area contributed by atoms with Crippen molar-refractivity contribution >= 4 is 0 Å². The predicted octanol–water partition coefficient (Wildman–Crippen LogP) is -6.29. The van der Waals surface area contributed by atoms with E-state index in [9.17, 15) is 46.0 Å². The minimum absolute atomic E-state index is 0.185. The van der Waals surface area contributed by atoms with E-state index in [4.69, 9.17) is 35.2 Å². The number of nitrogens with one attached hydrogen (secondary N) is 1. The smallest absolute Gasteiger partial charge is 0.176 e. The maximum atomic E-state index is 11.5. The molecular formula is C24H47N3O14. The van der Waals surface area contributed by atoms with Crippen molar-refractivity contribution in [3.05, 3.63) is 0 Å². The Morgan fingerprint density at radius 3 is 1.93 bits per heavy atom. The molecule has 3 saturated heterocycles. The molecule has 17 heteroatoms. The molecule has 0 aliphatic carbocycles. The Bertz CT molecular complexity index is 816. The molecule has 41 heavy (non-hydrogen) atoms. The molecular weight excluding hydrogens is 554 g/mol. The molecule has 0 aromatic heterocycles. The summed E-state index contributed by atoms with van der Waals surface area (Å²) in [6.07, 6.45) is -17.3. The summed E-state index contributed by atoms with van der Waals surface area (Å²) in [5.74, 6) is -0.516. The van der Waals surface area contributed by atoms with Crippen LogP contribution in [0.5, 0.6) is 0 Å². The van der Waals surface area contributed by atoms with E-state index in [0.29, 0.717) is 0 Å². The number of aliphatic hydroxyl groups excluding tert-OH is 9. The molecule has 0 aromatic rings. The van der Waals surface area contributed by atoms with Crippen LogP contribution >= 0.6 is 0 Å². The molecule has 3 heterocycles. The maximum absolute atomic E-state index is 11.5. The number of hydrogen-bond donors (Lipinski definition) is 12. The van der Waals surface area contributed by atoms with Crippen LogP contribution in [0.15, 0.2) is 0 Å². The van der Waals surface area contributed by atoms with Crippen molar-refractivity contribution in [2.24, 2.45) is 17.4 Å². The number of rotatable bonds is 11. The van der Waals surface area contributed by atoms with Gasteiger partial charge in [0.25, 0.3) is 0 Å². The van der Waals surface area contributed by atoms with E-state index < -0.39 is 123 Å². The second-order valence-corrected chi connectivity index (χ2v) is 11.1. The molecule has 16 atom stereocenters. The SMILES string of the molecule is CCC(O)N[C@H]1[C@H](OC2[C@@H](CO)O[C@@H](O)[C@H](N)[C@H]2O)O[C@H](CO)C(O[C@H]2O[C@@](CO)(C(C)C)[C@@H](O)[C@H](O)[C@H]2N)[C@@H]1O. The van der Waals surface area contributed by atoms with E-state index in [2.05, 4.69) is 5.32 Å². The lowest BCUT2D eigenvalue weighted by molar-refractivity contribution is -0.367. The summed E-state index contributed by atoms with van der Waals surface area (Å²) >= 11 is 0. The fourth-order valence-electron chi connectivity index (χ4n) is 5.38. The van der Waals surface area contributed by atoms with Crippen molar-refractivity contribution in [3.8, 4) is 0 Å². The first-order valence-corrected chi connectivity index (χ1v) is 13.8. The van der Waals surface area contributed by atoms with Crippen LogP contribution in [0.1, 0.15) is 27.2 Å². The molecule has 3 aliphatic heterocycles. The van der Waals surface area contributed by atoms with Crippen molar-refractivity contribution in [1.29, 1.82) is 0 Å². The topological polar surface area (TPSA) is 292 Å². The average Bonchev–Trinajstić information content (AvgIpc) is 2.95. The summed E-state index contributed by atoms with van der Waals surface area (Å²) in [5, 5.41) is 96.4. The van der Waals surface area contributed by atoms with Crippen molar-refractivity contribution in [2.75, 3.05) is 19.8 Å². The molecule has 0 aromatic carbocycles. The van der Waals surface area contributed by atoms with Crippen LogP contribution in [-0.2, 0) is 23.7 Å². The van der Waals surface area contributed by atoms with Crippen LogP contribution in [0, 0.1) is 5.92 Å². The normalized spacial score (nSPS) is 48.4. The molecule has 0 saturated carbocycles. The summed E-state index contributed by atoms with van der Waals surface area (Å²) in [6, 6.07) is -3.95. The molecule has 17 nitrogen and oxygen atoms in total. The second kappa shape index (κ2) is 14.4. The van der Waals surface area contributed by atoms with Crippen molar-refractivity contribution in [3.63, 3.8) is 0 Å². The molecule has 242 valence electrons. The van der Waals surface area contributed by atoms with E-state index in [1.807, 2.05) is 0 Å². The summed E-state index contributed by atoms with van der Waals surface area (Å²) < 4.78 is 28.9. The Balaban J connectivity index is 1.89. The molecule has 14 N–H and O–H groups in total. The minimum Gasteiger partial charge on any atom is -0.394 e. The molecule has 3 aliphatic rings. The molecule has 0 spiro atoms. The number of nitrogens with two attached hydrogens (primary N) is 2. The fraction of sp³-hybridized carbons (Fsp3) is 1.00. The zero-order valence-electron chi connectivity index (χ0n) is 23.3. The number of ether oxygens (including phenoxy) is 5. The van der Waals surface area contributed by atoms with Gasteiger partial charge < -0.3 is 81.1 Å². The van der Waals surface area contributed by atoms with Gasteiger partial charge in [0.1, 0.15) is 60.7 Å². The van der Waals surface area contributed by atoms with Crippen LogP contribution < -0.4 is 16.8 Å². The highest BCUT2D eigenvalue weighted by Crippen LogP contribution is 2.37. The highest BCUT2D eigenvalue weighted by Gasteiger charge is 2.57. The molecule has 0 bridgehead atoms. The zero-order chi connectivity index (χ0) is 30.8. The van der Waals surface area contributed by atoms with Gasteiger partial charge in [-0.15, -0.1) is 0 Å². The Hall–Kier alpha value is -0.680. The number of hydrogen-bond acceptors (Lipinski definition) is 17. The maximum Gasteiger partial charge on any atom is 0.176 e. The van der Waals surface area contributed by atoms with Crippen LogP contribution in [0.3, 0.4) is 0 Å². The van der Waals surface area contributed by atoms with Gasteiger partial charge in [0, 0.05) is 0 Å². The van der Waals surface area contributed by atoms with Gasteiger partial charge in [0.15, 0.2) is 18.9 Å². The van der Waals surface area contributed by atoms with E-state index in [0.717, 1.165) is 0 Å². The minimum atomic E-state index is -1.67. The third kappa shape index (κ3) is 6.86. The van der Waals surface area contributed by atoms with E-state index >= 15 is 0 Å². The van der Waals surface area contributed by atoms with Crippen molar-refractivity contribution in [2.45, 2.75) is 125 Å². The Labute approximate surface area is 237 Å². The Morgan fingerprint density at radius 2 is 1.39 bits per heavy atom. The third-order valence-electron chi connectivity index (χ3n) is 8.22. The van der Waals surface area contributed by atoms with E-state index in [-0.39, 0.29) is 6.42 Å². The molecule has 0 radical (unpaired) electrons. The van der Waals surface area contributed by atoms with Crippen LogP contribution in [0.2, 0.25) is 0 Å². The summed E-state index contributed by atoms with van der Waals surface area (Å²) in [7, 11) is 0. The monoisotopic (exact) mass is 601 g/mol. The lowest BCUT2D eigenvalue weighted by Gasteiger charge is -2.53. The predicted molar refractivity (Wildman–Crippen MR) is 136 cm³/mol.